The van der Waals surface area contributed by atoms with Crippen molar-refractivity contribution in [3.63, 3.8) is 0 Å². The highest BCUT2D eigenvalue weighted by Crippen LogP contribution is 2.22. The maximum atomic E-state index is 6.05. The van der Waals surface area contributed by atoms with Gasteiger partial charge < -0.3 is 15.4 Å². The van der Waals surface area contributed by atoms with Gasteiger partial charge in [0.2, 0.25) is 5.95 Å². The predicted molar refractivity (Wildman–Crippen MR) is 107 cm³/mol. The molecule has 0 bridgehead atoms. The largest absolute Gasteiger partial charge is 0.385 e. The Labute approximate surface area is 163 Å². The van der Waals surface area contributed by atoms with Crippen molar-refractivity contribution in [2.45, 2.75) is 13.0 Å². The fraction of sp³-hybridized carbons (Fsp3) is 0.353. The lowest BCUT2D eigenvalue weighted by Crippen LogP contribution is -2.10. The molecular formula is C17H22Cl2N6O. The molecule has 0 aliphatic heterocycles. The molecule has 0 amide bonds. The molecule has 0 spiro atoms. The number of nitrogens with zero attached hydrogens (tertiary/aromatic N) is 4. The van der Waals surface area contributed by atoms with E-state index in [2.05, 4.69) is 25.7 Å². The SMILES string of the molecule is COCCCNc1nc(NCc2cccc(Cl)c2)c2cnn(C)c2n1.Cl. The van der Waals surface area contributed by atoms with Crippen molar-refractivity contribution in [1.82, 2.24) is 19.7 Å². The van der Waals surface area contributed by atoms with Gasteiger partial charge in [-0.1, -0.05) is 23.7 Å². The quantitative estimate of drug-likeness (QED) is 0.567. The summed E-state index contributed by atoms with van der Waals surface area (Å²) in [6.07, 6.45) is 2.65. The van der Waals surface area contributed by atoms with Gasteiger partial charge >= 0.3 is 0 Å². The van der Waals surface area contributed by atoms with Crippen LogP contribution in [0.1, 0.15) is 12.0 Å². The van der Waals surface area contributed by atoms with Gasteiger partial charge in [0.25, 0.3) is 0 Å². The van der Waals surface area contributed by atoms with Crippen LogP contribution in [-0.4, -0.2) is 40.0 Å². The molecule has 7 nitrogen and oxygen atoms in total. The minimum absolute atomic E-state index is 0. The molecule has 9 heteroatoms. The molecule has 0 aliphatic rings. The summed E-state index contributed by atoms with van der Waals surface area (Å²) in [6, 6.07) is 7.74. The number of ether oxygens (including phenoxy) is 1. The van der Waals surface area contributed by atoms with E-state index in [1.54, 1.807) is 18.0 Å². The summed E-state index contributed by atoms with van der Waals surface area (Å²) in [5.74, 6) is 1.31. The number of halogens is 2. The number of methoxy groups -OCH3 is 1. The zero-order valence-electron chi connectivity index (χ0n) is 14.7. The molecule has 0 saturated carbocycles. The van der Waals surface area contributed by atoms with Crippen LogP contribution in [0.2, 0.25) is 5.02 Å². The Morgan fingerprint density at radius 2 is 2.08 bits per heavy atom. The molecule has 2 N–H and O–H groups in total. The van der Waals surface area contributed by atoms with E-state index in [1.807, 2.05) is 31.3 Å². The van der Waals surface area contributed by atoms with Crippen LogP contribution in [0, 0.1) is 0 Å². The number of hydrogen-bond donors (Lipinski definition) is 2. The zero-order valence-corrected chi connectivity index (χ0v) is 16.3. The van der Waals surface area contributed by atoms with Gasteiger partial charge in [-0.25, -0.2) is 0 Å². The zero-order chi connectivity index (χ0) is 17.6. The summed E-state index contributed by atoms with van der Waals surface area (Å²) in [5.41, 5.74) is 1.86. The standard InChI is InChI=1S/C17H21ClN6O.ClH/c1-24-16-14(11-21-24)15(20-10-12-5-3-6-13(18)9-12)22-17(23-16)19-7-4-8-25-2;/h3,5-6,9,11H,4,7-8,10H2,1-2H3,(H2,19,20,22,23);1H. The Morgan fingerprint density at radius 3 is 2.85 bits per heavy atom. The Balaban J connectivity index is 0.00000243. The van der Waals surface area contributed by atoms with E-state index in [1.165, 1.54) is 0 Å². The highest BCUT2D eigenvalue weighted by Gasteiger charge is 2.11. The molecule has 2 aromatic heterocycles. The van der Waals surface area contributed by atoms with Crippen molar-refractivity contribution >= 4 is 46.8 Å². The first kappa shape index (κ1) is 20.2. The van der Waals surface area contributed by atoms with Gasteiger partial charge in [-0.3, -0.25) is 4.68 Å². The van der Waals surface area contributed by atoms with E-state index >= 15 is 0 Å². The second-order valence-corrected chi connectivity index (χ2v) is 6.09. The summed E-state index contributed by atoms with van der Waals surface area (Å²) in [6.45, 7) is 2.05. The number of aromatic nitrogens is 4. The fourth-order valence-electron chi connectivity index (χ4n) is 2.49. The normalized spacial score (nSPS) is 10.6. The van der Waals surface area contributed by atoms with E-state index in [-0.39, 0.29) is 12.4 Å². The molecule has 1 aromatic carbocycles. The van der Waals surface area contributed by atoms with Crippen LogP contribution < -0.4 is 10.6 Å². The maximum Gasteiger partial charge on any atom is 0.226 e. The number of hydrogen-bond acceptors (Lipinski definition) is 6. The van der Waals surface area contributed by atoms with Crippen molar-refractivity contribution in [1.29, 1.82) is 0 Å². The molecule has 3 aromatic rings. The molecule has 0 saturated heterocycles. The molecule has 140 valence electrons. The van der Waals surface area contributed by atoms with Crippen molar-refractivity contribution < 1.29 is 4.74 Å². The fourth-order valence-corrected chi connectivity index (χ4v) is 2.70. The Kier molecular flexibility index (Phi) is 7.44. The summed E-state index contributed by atoms with van der Waals surface area (Å²) in [7, 11) is 3.56. The van der Waals surface area contributed by atoms with Crippen LogP contribution >= 0.6 is 24.0 Å². The average molecular weight is 397 g/mol. The summed E-state index contributed by atoms with van der Waals surface area (Å²) < 4.78 is 6.80. The second-order valence-electron chi connectivity index (χ2n) is 5.66. The third-order valence-corrected chi connectivity index (χ3v) is 3.98. The molecule has 0 atom stereocenters. The molecule has 0 unspecified atom stereocenters. The number of rotatable bonds is 8. The number of aryl methyl sites for hydroxylation is 1. The first-order valence-corrected chi connectivity index (χ1v) is 8.46. The minimum atomic E-state index is 0. The first-order valence-electron chi connectivity index (χ1n) is 8.08. The molecule has 2 heterocycles. The molecular weight excluding hydrogens is 375 g/mol. The van der Waals surface area contributed by atoms with Gasteiger partial charge in [0, 0.05) is 38.9 Å². The van der Waals surface area contributed by atoms with E-state index in [9.17, 15) is 0 Å². The molecule has 0 aliphatic carbocycles. The number of anilines is 2. The highest BCUT2D eigenvalue weighted by atomic mass is 35.5. The van der Waals surface area contributed by atoms with E-state index in [4.69, 9.17) is 16.3 Å². The third-order valence-electron chi connectivity index (χ3n) is 3.75. The molecule has 0 radical (unpaired) electrons. The lowest BCUT2D eigenvalue weighted by molar-refractivity contribution is 0.197. The number of benzene rings is 1. The van der Waals surface area contributed by atoms with Crippen molar-refractivity contribution in [3.8, 4) is 0 Å². The van der Waals surface area contributed by atoms with Gasteiger partial charge in [0.05, 0.1) is 11.6 Å². The maximum absolute atomic E-state index is 6.05. The predicted octanol–water partition coefficient (Wildman–Crippen LogP) is 3.50. The first-order chi connectivity index (χ1) is 12.2. The summed E-state index contributed by atoms with van der Waals surface area (Å²) in [4.78, 5) is 9.13. The van der Waals surface area contributed by atoms with E-state index < -0.39 is 0 Å². The van der Waals surface area contributed by atoms with Crippen LogP contribution in [0.15, 0.2) is 30.5 Å². The van der Waals surface area contributed by atoms with Crippen molar-refractivity contribution in [2.24, 2.45) is 7.05 Å². The van der Waals surface area contributed by atoms with Gasteiger partial charge in [-0.15, -0.1) is 12.4 Å². The summed E-state index contributed by atoms with van der Waals surface area (Å²) >= 11 is 6.05. The van der Waals surface area contributed by atoms with Crippen LogP contribution in [0.5, 0.6) is 0 Å². The van der Waals surface area contributed by atoms with Gasteiger partial charge in [-0.2, -0.15) is 15.1 Å². The van der Waals surface area contributed by atoms with Gasteiger partial charge in [0.1, 0.15) is 5.82 Å². The van der Waals surface area contributed by atoms with Gasteiger partial charge in [0.15, 0.2) is 5.65 Å². The average Bonchev–Trinajstić information content (AvgIpc) is 2.98. The van der Waals surface area contributed by atoms with Crippen LogP contribution in [0.3, 0.4) is 0 Å². The number of nitrogens with one attached hydrogen (secondary N) is 2. The third kappa shape index (κ3) is 4.97. The number of fused-ring (bicyclic) bond motifs is 1. The topological polar surface area (TPSA) is 76.9 Å². The van der Waals surface area contributed by atoms with E-state index in [0.29, 0.717) is 24.1 Å². The van der Waals surface area contributed by atoms with E-state index in [0.717, 1.165) is 35.4 Å². The van der Waals surface area contributed by atoms with Crippen molar-refractivity contribution in [3.05, 3.63) is 41.0 Å². The van der Waals surface area contributed by atoms with Crippen LogP contribution in [-0.2, 0) is 18.3 Å². The Hall–Kier alpha value is -2.09. The lowest BCUT2D eigenvalue weighted by Gasteiger charge is -2.10. The molecule has 26 heavy (non-hydrogen) atoms. The van der Waals surface area contributed by atoms with Crippen LogP contribution in [0.4, 0.5) is 11.8 Å². The molecule has 3 rings (SSSR count). The van der Waals surface area contributed by atoms with Crippen molar-refractivity contribution in [2.75, 3.05) is 30.9 Å². The molecule has 0 fully saturated rings. The van der Waals surface area contributed by atoms with Crippen LogP contribution in [0.25, 0.3) is 11.0 Å². The smallest absolute Gasteiger partial charge is 0.226 e. The summed E-state index contributed by atoms with van der Waals surface area (Å²) in [5, 5.41) is 12.5. The second kappa shape index (κ2) is 9.56. The minimum Gasteiger partial charge on any atom is -0.385 e. The van der Waals surface area contributed by atoms with Gasteiger partial charge in [-0.05, 0) is 24.1 Å². The Morgan fingerprint density at radius 1 is 1.23 bits per heavy atom. The lowest BCUT2D eigenvalue weighted by atomic mass is 10.2. The highest BCUT2D eigenvalue weighted by molar-refractivity contribution is 6.30. The Bertz CT molecular complexity index is 854. The monoisotopic (exact) mass is 396 g/mol.